The molecule has 1 aromatic heterocycles. The number of methoxy groups -OCH3 is 1. The van der Waals surface area contributed by atoms with Gasteiger partial charge in [0, 0.05) is 5.75 Å². The molecule has 0 bridgehead atoms. The molecule has 0 fully saturated rings. The number of nitrogens with one attached hydrogen (secondary N) is 1. The molecule has 0 aliphatic carbocycles. The Balaban J connectivity index is 1.94. The molecular weight excluding hydrogens is 222 g/mol. The van der Waals surface area contributed by atoms with Crippen molar-refractivity contribution in [3.63, 3.8) is 0 Å². The van der Waals surface area contributed by atoms with E-state index in [9.17, 15) is 0 Å². The number of aromatic nitrogens is 3. The SMILES string of the molecule is COc1ccc(CSc2n[nH]c(C)n2)cc1. The maximum atomic E-state index is 5.10. The molecule has 84 valence electrons. The number of hydrogen-bond donors (Lipinski definition) is 1. The molecule has 0 amide bonds. The van der Waals surface area contributed by atoms with E-state index < -0.39 is 0 Å². The summed E-state index contributed by atoms with van der Waals surface area (Å²) in [6.45, 7) is 1.89. The number of H-pyrrole nitrogens is 1. The fraction of sp³-hybridized carbons (Fsp3) is 0.273. The van der Waals surface area contributed by atoms with Crippen LogP contribution in [-0.4, -0.2) is 22.3 Å². The Kier molecular flexibility index (Phi) is 3.46. The van der Waals surface area contributed by atoms with Gasteiger partial charge in [0.1, 0.15) is 11.6 Å². The minimum Gasteiger partial charge on any atom is -0.497 e. The van der Waals surface area contributed by atoms with Crippen LogP contribution in [0, 0.1) is 6.92 Å². The summed E-state index contributed by atoms with van der Waals surface area (Å²) >= 11 is 1.61. The average Bonchev–Trinajstić information content (AvgIpc) is 2.73. The number of benzene rings is 1. The second-order valence-electron chi connectivity index (χ2n) is 3.34. The molecule has 1 heterocycles. The van der Waals surface area contributed by atoms with E-state index in [1.54, 1.807) is 18.9 Å². The van der Waals surface area contributed by atoms with Crippen molar-refractivity contribution in [3.8, 4) is 5.75 Å². The fourth-order valence-electron chi connectivity index (χ4n) is 1.26. The molecule has 0 spiro atoms. The largest absolute Gasteiger partial charge is 0.497 e. The lowest BCUT2D eigenvalue weighted by molar-refractivity contribution is 0.414. The van der Waals surface area contributed by atoms with Gasteiger partial charge >= 0.3 is 0 Å². The zero-order valence-corrected chi connectivity index (χ0v) is 10.0. The summed E-state index contributed by atoms with van der Waals surface area (Å²) in [5.41, 5.74) is 1.23. The Morgan fingerprint density at radius 3 is 2.62 bits per heavy atom. The summed E-state index contributed by atoms with van der Waals surface area (Å²) in [4.78, 5) is 4.23. The zero-order chi connectivity index (χ0) is 11.4. The number of ether oxygens (including phenoxy) is 1. The Morgan fingerprint density at radius 1 is 1.31 bits per heavy atom. The Labute approximate surface area is 98.4 Å². The summed E-state index contributed by atoms with van der Waals surface area (Å²) in [7, 11) is 1.67. The predicted octanol–water partition coefficient (Wildman–Crippen LogP) is 2.41. The van der Waals surface area contributed by atoms with Gasteiger partial charge in [-0.25, -0.2) is 4.98 Å². The average molecular weight is 235 g/mol. The van der Waals surface area contributed by atoms with Crippen LogP contribution in [0.1, 0.15) is 11.4 Å². The second kappa shape index (κ2) is 5.03. The van der Waals surface area contributed by atoms with Crippen LogP contribution in [-0.2, 0) is 5.75 Å². The Bertz CT molecular complexity index is 453. The number of aromatic amines is 1. The van der Waals surface area contributed by atoms with E-state index in [2.05, 4.69) is 15.2 Å². The molecule has 0 saturated heterocycles. The van der Waals surface area contributed by atoms with Gasteiger partial charge < -0.3 is 4.74 Å². The van der Waals surface area contributed by atoms with Crippen LogP contribution >= 0.6 is 11.8 Å². The molecule has 0 aliphatic heterocycles. The third-order valence-corrected chi connectivity index (χ3v) is 3.02. The van der Waals surface area contributed by atoms with Gasteiger partial charge in [-0.05, 0) is 24.6 Å². The monoisotopic (exact) mass is 235 g/mol. The van der Waals surface area contributed by atoms with E-state index in [0.717, 1.165) is 22.5 Å². The quantitative estimate of drug-likeness (QED) is 0.827. The van der Waals surface area contributed by atoms with Crippen molar-refractivity contribution in [1.82, 2.24) is 15.2 Å². The van der Waals surface area contributed by atoms with Crippen LogP contribution in [0.2, 0.25) is 0 Å². The van der Waals surface area contributed by atoms with Crippen molar-refractivity contribution < 1.29 is 4.74 Å². The molecule has 0 saturated carbocycles. The highest BCUT2D eigenvalue weighted by Gasteiger charge is 2.01. The van der Waals surface area contributed by atoms with Crippen LogP contribution in [0.4, 0.5) is 0 Å². The molecular formula is C11H13N3OS. The lowest BCUT2D eigenvalue weighted by Crippen LogP contribution is -1.85. The van der Waals surface area contributed by atoms with Crippen molar-refractivity contribution >= 4 is 11.8 Å². The van der Waals surface area contributed by atoms with Gasteiger partial charge in [-0.3, -0.25) is 5.10 Å². The normalized spacial score (nSPS) is 10.4. The first kappa shape index (κ1) is 11.0. The van der Waals surface area contributed by atoms with Crippen LogP contribution in [0.25, 0.3) is 0 Å². The number of thioether (sulfide) groups is 1. The van der Waals surface area contributed by atoms with Crippen LogP contribution in [0.15, 0.2) is 29.4 Å². The lowest BCUT2D eigenvalue weighted by Gasteiger charge is -2.01. The minimum atomic E-state index is 0.785. The van der Waals surface area contributed by atoms with Crippen molar-refractivity contribution in [2.75, 3.05) is 7.11 Å². The van der Waals surface area contributed by atoms with Crippen molar-refractivity contribution in [1.29, 1.82) is 0 Å². The van der Waals surface area contributed by atoms with E-state index in [4.69, 9.17) is 4.74 Å². The van der Waals surface area contributed by atoms with Gasteiger partial charge in [-0.2, -0.15) is 0 Å². The van der Waals surface area contributed by atoms with Gasteiger partial charge in [0.2, 0.25) is 5.16 Å². The number of rotatable bonds is 4. The first-order chi connectivity index (χ1) is 7.78. The predicted molar refractivity (Wildman–Crippen MR) is 63.7 cm³/mol. The topological polar surface area (TPSA) is 50.8 Å². The fourth-order valence-corrected chi connectivity index (χ4v) is 2.06. The molecule has 1 N–H and O–H groups in total. The summed E-state index contributed by atoms with van der Waals surface area (Å²) in [5.74, 6) is 2.58. The first-order valence-electron chi connectivity index (χ1n) is 4.92. The Morgan fingerprint density at radius 2 is 2.06 bits per heavy atom. The van der Waals surface area contributed by atoms with E-state index in [1.807, 2.05) is 31.2 Å². The third-order valence-electron chi connectivity index (χ3n) is 2.10. The number of hydrogen-bond acceptors (Lipinski definition) is 4. The zero-order valence-electron chi connectivity index (χ0n) is 9.23. The van der Waals surface area contributed by atoms with E-state index in [-0.39, 0.29) is 0 Å². The highest BCUT2D eigenvalue weighted by atomic mass is 32.2. The van der Waals surface area contributed by atoms with Gasteiger partial charge in [0.05, 0.1) is 7.11 Å². The lowest BCUT2D eigenvalue weighted by atomic mass is 10.2. The van der Waals surface area contributed by atoms with E-state index in [0.29, 0.717) is 0 Å². The summed E-state index contributed by atoms with van der Waals surface area (Å²) in [6.07, 6.45) is 0. The standard InChI is InChI=1S/C11H13N3OS/c1-8-12-11(14-13-8)16-7-9-3-5-10(15-2)6-4-9/h3-6H,7H2,1-2H3,(H,12,13,14). The van der Waals surface area contributed by atoms with Crippen LogP contribution in [0.3, 0.4) is 0 Å². The molecule has 1 aromatic carbocycles. The van der Waals surface area contributed by atoms with Crippen LogP contribution < -0.4 is 4.74 Å². The van der Waals surface area contributed by atoms with E-state index >= 15 is 0 Å². The molecule has 2 aromatic rings. The molecule has 0 aliphatic rings. The van der Waals surface area contributed by atoms with Crippen molar-refractivity contribution in [2.45, 2.75) is 17.8 Å². The molecule has 5 heteroatoms. The highest BCUT2D eigenvalue weighted by molar-refractivity contribution is 7.98. The molecule has 0 radical (unpaired) electrons. The first-order valence-corrected chi connectivity index (χ1v) is 5.91. The van der Waals surface area contributed by atoms with Gasteiger partial charge in [-0.15, -0.1) is 5.10 Å². The van der Waals surface area contributed by atoms with Gasteiger partial charge in [-0.1, -0.05) is 23.9 Å². The summed E-state index contributed by atoms with van der Waals surface area (Å²) < 4.78 is 5.10. The molecule has 2 rings (SSSR count). The maximum Gasteiger partial charge on any atom is 0.208 e. The van der Waals surface area contributed by atoms with Crippen molar-refractivity contribution in [3.05, 3.63) is 35.7 Å². The third kappa shape index (κ3) is 2.76. The summed E-state index contributed by atoms with van der Waals surface area (Å²) in [5, 5.41) is 7.67. The molecule has 4 nitrogen and oxygen atoms in total. The second-order valence-corrected chi connectivity index (χ2v) is 4.28. The molecule has 0 unspecified atom stereocenters. The summed E-state index contributed by atoms with van der Waals surface area (Å²) in [6, 6.07) is 8.01. The minimum absolute atomic E-state index is 0.785. The Hall–Kier alpha value is -1.49. The highest BCUT2D eigenvalue weighted by Crippen LogP contribution is 2.20. The number of aryl methyl sites for hydroxylation is 1. The molecule has 16 heavy (non-hydrogen) atoms. The smallest absolute Gasteiger partial charge is 0.208 e. The van der Waals surface area contributed by atoms with E-state index in [1.165, 1.54) is 5.56 Å². The van der Waals surface area contributed by atoms with Crippen LogP contribution in [0.5, 0.6) is 5.75 Å². The number of nitrogens with zero attached hydrogens (tertiary/aromatic N) is 2. The van der Waals surface area contributed by atoms with Gasteiger partial charge in [0.15, 0.2) is 0 Å². The van der Waals surface area contributed by atoms with Gasteiger partial charge in [0.25, 0.3) is 0 Å². The molecule has 0 atom stereocenters. The van der Waals surface area contributed by atoms with Crippen molar-refractivity contribution in [2.24, 2.45) is 0 Å². The maximum absolute atomic E-state index is 5.10.